The van der Waals surface area contributed by atoms with Crippen molar-refractivity contribution in [1.29, 1.82) is 0 Å². The average molecular weight is 350 g/mol. The zero-order valence-corrected chi connectivity index (χ0v) is 12.2. The van der Waals surface area contributed by atoms with Crippen molar-refractivity contribution in [3.8, 4) is 0 Å². The van der Waals surface area contributed by atoms with E-state index >= 15 is 0 Å². The Balaban J connectivity index is 1.79. The second-order valence-electron chi connectivity index (χ2n) is 5.58. The topological polar surface area (TPSA) is 101 Å². The average Bonchev–Trinajstić information content (AvgIpc) is 2.87. The molecule has 0 radical (unpaired) electrons. The maximum Gasteiger partial charge on any atom is 0.523 e. The van der Waals surface area contributed by atoms with Crippen molar-refractivity contribution >= 4 is 10.1 Å². The molecule has 0 aromatic carbocycles. The van der Waals surface area contributed by atoms with Gasteiger partial charge in [0.2, 0.25) is 5.79 Å². The standard InChI is InChI=1S/C10H13F3O8S/c1-8(2)19-6-7(20-8)18-5-4(3-17-9(5,6)14)21-22(15,16)10(11,12)13/h4-7,14H,3H2,1-2H3/t4-,5-,6+,7-,9+/m1/s1. The van der Waals surface area contributed by atoms with Crippen molar-refractivity contribution in [2.45, 2.75) is 55.5 Å². The highest BCUT2D eigenvalue weighted by Gasteiger charge is 2.70. The fraction of sp³-hybridized carbons (Fsp3) is 1.00. The summed E-state index contributed by atoms with van der Waals surface area (Å²) in [6.07, 6.45) is -5.40. The van der Waals surface area contributed by atoms with E-state index in [4.69, 9.17) is 18.9 Å². The zero-order chi connectivity index (χ0) is 16.6. The molecule has 0 unspecified atom stereocenters. The van der Waals surface area contributed by atoms with Crippen LogP contribution in [0.25, 0.3) is 0 Å². The molecule has 3 saturated heterocycles. The van der Waals surface area contributed by atoms with Crippen LogP contribution in [0.5, 0.6) is 0 Å². The van der Waals surface area contributed by atoms with Crippen LogP contribution in [-0.2, 0) is 33.2 Å². The number of halogens is 3. The van der Waals surface area contributed by atoms with Crippen LogP contribution in [0.3, 0.4) is 0 Å². The summed E-state index contributed by atoms with van der Waals surface area (Å²) in [6.45, 7) is 2.48. The number of alkyl halides is 3. The molecule has 3 aliphatic rings. The summed E-state index contributed by atoms with van der Waals surface area (Å²) in [5.74, 6) is -3.24. The lowest BCUT2D eigenvalue weighted by Crippen LogP contribution is -2.49. The molecule has 128 valence electrons. The first kappa shape index (κ1) is 16.4. The summed E-state index contributed by atoms with van der Waals surface area (Å²) in [5, 5.41) is 10.4. The molecule has 3 rings (SSSR count). The molecule has 1 N–H and O–H groups in total. The third-order valence-corrected chi connectivity index (χ3v) is 4.57. The summed E-state index contributed by atoms with van der Waals surface area (Å²) in [6, 6.07) is 0. The predicted molar refractivity (Wildman–Crippen MR) is 59.4 cm³/mol. The van der Waals surface area contributed by atoms with Gasteiger partial charge in [-0.15, -0.1) is 0 Å². The molecule has 0 amide bonds. The van der Waals surface area contributed by atoms with Gasteiger partial charge in [-0.05, 0) is 13.8 Å². The lowest BCUT2D eigenvalue weighted by molar-refractivity contribution is -0.273. The van der Waals surface area contributed by atoms with Crippen LogP contribution in [0.2, 0.25) is 0 Å². The lowest BCUT2D eigenvalue weighted by Gasteiger charge is -2.28. The fourth-order valence-corrected chi connectivity index (χ4v) is 3.22. The molecule has 5 atom stereocenters. The van der Waals surface area contributed by atoms with Crippen molar-refractivity contribution < 1.29 is 49.8 Å². The quantitative estimate of drug-likeness (QED) is 0.541. The van der Waals surface area contributed by atoms with Gasteiger partial charge in [-0.3, -0.25) is 4.18 Å². The van der Waals surface area contributed by atoms with Gasteiger partial charge in [0.1, 0.15) is 12.2 Å². The van der Waals surface area contributed by atoms with Gasteiger partial charge in [0.05, 0.1) is 6.61 Å². The van der Waals surface area contributed by atoms with Gasteiger partial charge in [0.25, 0.3) is 0 Å². The third-order valence-electron chi connectivity index (χ3n) is 3.50. The zero-order valence-electron chi connectivity index (χ0n) is 11.4. The van der Waals surface area contributed by atoms with Crippen LogP contribution >= 0.6 is 0 Å². The second kappa shape index (κ2) is 4.53. The van der Waals surface area contributed by atoms with Crippen LogP contribution in [0.15, 0.2) is 0 Å². The van der Waals surface area contributed by atoms with Crippen LogP contribution in [-0.4, -0.2) is 61.8 Å². The lowest BCUT2D eigenvalue weighted by atomic mass is 10.1. The summed E-state index contributed by atoms with van der Waals surface area (Å²) in [5.41, 5.74) is -5.59. The normalized spacial score (nSPS) is 44.1. The van der Waals surface area contributed by atoms with E-state index in [0.717, 1.165) is 0 Å². The minimum absolute atomic E-state index is 0.608. The summed E-state index contributed by atoms with van der Waals surface area (Å²) < 4.78 is 84.2. The second-order valence-corrected chi connectivity index (χ2v) is 7.14. The first-order valence-electron chi connectivity index (χ1n) is 6.23. The van der Waals surface area contributed by atoms with E-state index in [-0.39, 0.29) is 0 Å². The Hall–Kier alpha value is -0.500. The maximum absolute atomic E-state index is 12.4. The molecule has 8 nitrogen and oxygen atoms in total. The Kier molecular flexibility index (Phi) is 3.37. The summed E-state index contributed by atoms with van der Waals surface area (Å²) in [4.78, 5) is 0. The molecule has 3 heterocycles. The molecular formula is C10H13F3O8S. The van der Waals surface area contributed by atoms with E-state index in [2.05, 4.69) is 4.18 Å². The van der Waals surface area contributed by atoms with Gasteiger partial charge < -0.3 is 24.1 Å². The Morgan fingerprint density at radius 3 is 2.45 bits per heavy atom. The molecule has 0 bridgehead atoms. The molecule has 3 fully saturated rings. The first-order chi connectivity index (χ1) is 9.86. The van der Waals surface area contributed by atoms with Gasteiger partial charge in [0, 0.05) is 0 Å². The molecular weight excluding hydrogens is 337 g/mol. The van der Waals surface area contributed by atoms with Crippen LogP contribution in [0.1, 0.15) is 13.8 Å². The van der Waals surface area contributed by atoms with E-state index in [1.54, 1.807) is 13.8 Å². The van der Waals surface area contributed by atoms with Crippen molar-refractivity contribution in [1.82, 2.24) is 0 Å². The van der Waals surface area contributed by atoms with Gasteiger partial charge in [-0.25, -0.2) is 0 Å². The minimum Gasteiger partial charge on any atom is -0.361 e. The smallest absolute Gasteiger partial charge is 0.361 e. The van der Waals surface area contributed by atoms with Crippen molar-refractivity contribution in [3.05, 3.63) is 0 Å². The van der Waals surface area contributed by atoms with Gasteiger partial charge >= 0.3 is 15.6 Å². The third kappa shape index (κ3) is 2.33. The Morgan fingerprint density at radius 2 is 1.86 bits per heavy atom. The SMILES string of the molecule is CC1(C)O[C@H]2O[C@@H]3[C@H](OS(=O)(=O)C(F)(F)F)CO[C@]3(O)[C@H]2O1. The molecule has 3 aliphatic heterocycles. The molecule has 22 heavy (non-hydrogen) atoms. The number of aliphatic hydroxyl groups is 1. The first-order valence-corrected chi connectivity index (χ1v) is 7.63. The van der Waals surface area contributed by atoms with Crippen molar-refractivity contribution in [2.75, 3.05) is 6.61 Å². The van der Waals surface area contributed by atoms with E-state index in [0.29, 0.717) is 0 Å². The van der Waals surface area contributed by atoms with Crippen LogP contribution < -0.4 is 0 Å². The Morgan fingerprint density at radius 1 is 1.23 bits per heavy atom. The van der Waals surface area contributed by atoms with Crippen molar-refractivity contribution in [3.63, 3.8) is 0 Å². The minimum atomic E-state index is -5.85. The molecule has 12 heteroatoms. The van der Waals surface area contributed by atoms with Crippen molar-refractivity contribution in [2.24, 2.45) is 0 Å². The molecule has 0 spiro atoms. The molecule has 0 aromatic heterocycles. The highest BCUT2D eigenvalue weighted by Crippen LogP contribution is 2.48. The summed E-state index contributed by atoms with van der Waals surface area (Å²) in [7, 11) is -5.85. The van der Waals surface area contributed by atoms with Gasteiger partial charge in [-0.1, -0.05) is 0 Å². The highest BCUT2D eigenvalue weighted by molar-refractivity contribution is 7.87. The van der Waals surface area contributed by atoms with Gasteiger partial charge in [0.15, 0.2) is 18.2 Å². The monoisotopic (exact) mass is 350 g/mol. The van der Waals surface area contributed by atoms with Crippen LogP contribution in [0.4, 0.5) is 13.2 Å². The van der Waals surface area contributed by atoms with E-state index in [1.807, 2.05) is 0 Å². The van der Waals surface area contributed by atoms with Crippen LogP contribution in [0, 0.1) is 0 Å². The summed E-state index contributed by atoms with van der Waals surface area (Å²) >= 11 is 0. The maximum atomic E-state index is 12.4. The number of ether oxygens (including phenoxy) is 4. The highest BCUT2D eigenvalue weighted by atomic mass is 32.2. The Labute approximate surface area is 123 Å². The van der Waals surface area contributed by atoms with E-state index < -0.39 is 58.4 Å². The van der Waals surface area contributed by atoms with Gasteiger partial charge in [-0.2, -0.15) is 21.6 Å². The number of fused-ring (bicyclic) bond motifs is 3. The Bertz CT molecular complexity index is 575. The largest absolute Gasteiger partial charge is 0.523 e. The number of rotatable bonds is 2. The molecule has 0 saturated carbocycles. The number of hydrogen-bond acceptors (Lipinski definition) is 8. The fourth-order valence-electron chi connectivity index (χ4n) is 2.63. The predicted octanol–water partition coefficient (Wildman–Crippen LogP) is -0.184. The molecule has 0 aromatic rings. The molecule has 0 aliphatic carbocycles. The number of hydrogen-bond donors (Lipinski definition) is 1. The van der Waals surface area contributed by atoms with E-state index in [1.165, 1.54) is 0 Å². The van der Waals surface area contributed by atoms with E-state index in [9.17, 15) is 26.7 Å².